The van der Waals surface area contributed by atoms with Crippen LogP contribution in [0.15, 0.2) is 31.9 Å². The monoisotopic (exact) mass is 410 g/mol. The van der Waals surface area contributed by atoms with E-state index >= 15 is 0 Å². The van der Waals surface area contributed by atoms with Gasteiger partial charge in [0.05, 0.1) is 13.1 Å². The summed E-state index contributed by atoms with van der Waals surface area (Å²) in [6.07, 6.45) is 0. The molecular formula is C14H14BrClF2N2O3. The number of rotatable bonds is 4. The van der Waals surface area contributed by atoms with E-state index in [0.717, 1.165) is 4.47 Å². The summed E-state index contributed by atoms with van der Waals surface area (Å²) >= 11 is 3.28. The van der Waals surface area contributed by atoms with Crippen molar-refractivity contribution in [1.82, 2.24) is 5.32 Å². The van der Waals surface area contributed by atoms with Crippen LogP contribution in [0, 0.1) is 6.92 Å². The van der Waals surface area contributed by atoms with Crippen molar-refractivity contribution in [2.75, 3.05) is 13.1 Å². The van der Waals surface area contributed by atoms with Gasteiger partial charge in [0.2, 0.25) is 0 Å². The number of carbonyl (C=O) groups is 1. The van der Waals surface area contributed by atoms with Gasteiger partial charge in [0.25, 0.3) is 11.8 Å². The van der Waals surface area contributed by atoms with E-state index in [-0.39, 0.29) is 18.0 Å². The maximum atomic E-state index is 13.1. The van der Waals surface area contributed by atoms with Crippen LogP contribution in [-0.2, 0) is 0 Å². The molecule has 9 heteroatoms. The predicted octanol–water partition coefficient (Wildman–Crippen LogP) is 2.61. The number of alkyl halides is 2. The Labute approximate surface area is 144 Å². The van der Waals surface area contributed by atoms with Crippen LogP contribution in [0.2, 0.25) is 0 Å². The molecule has 0 fully saturated rings. The average Bonchev–Trinajstić information content (AvgIpc) is 2.46. The second kappa shape index (κ2) is 7.37. The maximum Gasteiger partial charge on any atom is 0.349 e. The van der Waals surface area contributed by atoms with Crippen molar-refractivity contribution in [2.24, 2.45) is 5.73 Å². The van der Waals surface area contributed by atoms with Crippen LogP contribution >= 0.6 is 28.3 Å². The van der Waals surface area contributed by atoms with Crippen molar-refractivity contribution in [3.8, 4) is 0 Å². The zero-order valence-corrected chi connectivity index (χ0v) is 14.4. The number of fused-ring (bicyclic) bond motifs is 1. The van der Waals surface area contributed by atoms with E-state index in [1.165, 1.54) is 0 Å². The van der Waals surface area contributed by atoms with Crippen molar-refractivity contribution in [2.45, 2.75) is 12.8 Å². The average molecular weight is 412 g/mol. The summed E-state index contributed by atoms with van der Waals surface area (Å²) in [5.41, 5.74) is 4.40. The van der Waals surface area contributed by atoms with E-state index in [9.17, 15) is 18.4 Å². The van der Waals surface area contributed by atoms with E-state index in [1.807, 2.05) is 5.32 Å². The Morgan fingerprint density at radius 2 is 2.09 bits per heavy atom. The fourth-order valence-electron chi connectivity index (χ4n) is 1.96. The molecule has 0 radical (unpaired) electrons. The first kappa shape index (κ1) is 19.5. The van der Waals surface area contributed by atoms with Crippen LogP contribution in [-0.4, -0.2) is 24.9 Å². The van der Waals surface area contributed by atoms with E-state index in [2.05, 4.69) is 15.9 Å². The third kappa shape index (κ3) is 4.27. The third-order valence-corrected chi connectivity index (χ3v) is 3.65. The zero-order valence-electron chi connectivity index (χ0n) is 12.0. The van der Waals surface area contributed by atoms with Gasteiger partial charge in [0, 0.05) is 9.86 Å². The van der Waals surface area contributed by atoms with Gasteiger partial charge in [0.1, 0.15) is 11.1 Å². The quantitative estimate of drug-likeness (QED) is 0.758. The van der Waals surface area contributed by atoms with Crippen molar-refractivity contribution in [1.29, 1.82) is 0 Å². The highest BCUT2D eigenvalue weighted by Gasteiger charge is 2.28. The zero-order chi connectivity index (χ0) is 16.5. The number of nitrogens with two attached hydrogens (primary N) is 1. The lowest BCUT2D eigenvalue weighted by molar-refractivity contribution is 0.0118. The first-order valence-electron chi connectivity index (χ1n) is 6.34. The fourth-order valence-corrected chi connectivity index (χ4v) is 2.32. The fraction of sp³-hybridized carbons (Fsp3) is 0.286. The maximum absolute atomic E-state index is 13.1. The molecule has 0 saturated heterocycles. The molecule has 0 saturated carbocycles. The van der Waals surface area contributed by atoms with Crippen molar-refractivity contribution >= 4 is 45.2 Å². The topological polar surface area (TPSA) is 85.3 Å². The number of amides is 1. The molecule has 0 aliphatic rings. The molecule has 0 spiro atoms. The van der Waals surface area contributed by atoms with Crippen LogP contribution in [0.25, 0.3) is 11.0 Å². The molecule has 2 rings (SSSR count). The molecule has 1 heterocycles. The number of nitrogens with one attached hydrogen (secondary N) is 1. The molecule has 1 amide bonds. The minimum atomic E-state index is -3.23. The number of aryl methyl sites for hydroxylation is 1. The van der Waals surface area contributed by atoms with Gasteiger partial charge in [-0.3, -0.25) is 4.79 Å². The Balaban J connectivity index is 0.00000264. The Morgan fingerprint density at radius 3 is 2.70 bits per heavy atom. The largest absolute Gasteiger partial charge is 0.422 e. The summed E-state index contributed by atoms with van der Waals surface area (Å²) in [5.74, 6) is -4.15. The van der Waals surface area contributed by atoms with Crippen LogP contribution in [0.5, 0.6) is 0 Å². The second-order valence-corrected chi connectivity index (χ2v) is 5.69. The van der Waals surface area contributed by atoms with E-state index in [0.29, 0.717) is 16.5 Å². The van der Waals surface area contributed by atoms with Crippen LogP contribution in [0.1, 0.15) is 15.9 Å². The standard InChI is InChI=1S/C14H13BrF2N2O3.ClH/c1-7-9-4-8(15)2-3-10(9)22-13(21)11(7)12(20)19-6-14(16,17)5-18;/h2-4H,5-6,18H2,1H3,(H,19,20);1H. The molecule has 3 N–H and O–H groups in total. The van der Waals surface area contributed by atoms with Gasteiger partial charge in [-0.1, -0.05) is 15.9 Å². The number of hydrogen-bond acceptors (Lipinski definition) is 4. The van der Waals surface area contributed by atoms with Crippen LogP contribution in [0.4, 0.5) is 8.78 Å². The summed E-state index contributed by atoms with van der Waals surface area (Å²) in [6.45, 7) is -0.287. The lowest BCUT2D eigenvalue weighted by Crippen LogP contribution is -2.42. The summed E-state index contributed by atoms with van der Waals surface area (Å²) in [7, 11) is 0. The summed E-state index contributed by atoms with van der Waals surface area (Å²) in [5, 5.41) is 2.56. The summed E-state index contributed by atoms with van der Waals surface area (Å²) < 4.78 is 32.0. The number of halogens is 4. The summed E-state index contributed by atoms with van der Waals surface area (Å²) in [4.78, 5) is 23.9. The first-order valence-corrected chi connectivity index (χ1v) is 7.13. The highest BCUT2D eigenvalue weighted by Crippen LogP contribution is 2.23. The number of hydrogen-bond donors (Lipinski definition) is 2. The molecule has 0 bridgehead atoms. The Kier molecular flexibility index (Phi) is 6.26. The molecule has 1 aromatic heterocycles. The predicted molar refractivity (Wildman–Crippen MR) is 88.5 cm³/mol. The number of benzene rings is 1. The first-order chi connectivity index (χ1) is 10.2. The Bertz CT molecular complexity index is 795. The molecule has 0 unspecified atom stereocenters. The van der Waals surface area contributed by atoms with Gasteiger partial charge in [-0.2, -0.15) is 0 Å². The van der Waals surface area contributed by atoms with Gasteiger partial charge < -0.3 is 15.5 Å². The molecule has 0 aliphatic carbocycles. The van der Waals surface area contributed by atoms with Gasteiger partial charge in [-0.05, 0) is 30.7 Å². The minimum absolute atomic E-state index is 0. The smallest absolute Gasteiger partial charge is 0.349 e. The number of carbonyl (C=O) groups excluding carboxylic acids is 1. The van der Waals surface area contributed by atoms with Gasteiger partial charge >= 0.3 is 5.63 Å². The highest BCUT2D eigenvalue weighted by molar-refractivity contribution is 9.10. The lowest BCUT2D eigenvalue weighted by Gasteiger charge is -2.15. The molecule has 23 heavy (non-hydrogen) atoms. The van der Waals surface area contributed by atoms with E-state index < -0.39 is 30.5 Å². The molecule has 0 aliphatic heterocycles. The molecule has 5 nitrogen and oxygen atoms in total. The molecule has 2 aromatic rings. The molecular weight excluding hydrogens is 398 g/mol. The van der Waals surface area contributed by atoms with Gasteiger partial charge in [-0.15, -0.1) is 12.4 Å². The third-order valence-electron chi connectivity index (χ3n) is 3.16. The van der Waals surface area contributed by atoms with Crippen LogP contribution in [0.3, 0.4) is 0 Å². The molecule has 1 aromatic carbocycles. The molecule has 126 valence electrons. The highest BCUT2D eigenvalue weighted by atomic mass is 79.9. The summed E-state index contributed by atoms with van der Waals surface area (Å²) in [6, 6.07) is 4.95. The Hall–Kier alpha value is -1.51. The van der Waals surface area contributed by atoms with Gasteiger partial charge in [0.15, 0.2) is 0 Å². The van der Waals surface area contributed by atoms with E-state index in [1.54, 1.807) is 25.1 Å². The minimum Gasteiger partial charge on any atom is -0.422 e. The van der Waals surface area contributed by atoms with Crippen molar-refractivity contribution in [3.05, 3.63) is 44.2 Å². The molecule has 0 atom stereocenters. The SMILES string of the molecule is Cc1c(C(=O)NCC(F)(F)CN)c(=O)oc2ccc(Br)cc12.Cl. The van der Waals surface area contributed by atoms with Crippen molar-refractivity contribution < 1.29 is 18.0 Å². The van der Waals surface area contributed by atoms with Crippen LogP contribution < -0.4 is 16.7 Å². The Morgan fingerprint density at radius 1 is 1.43 bits per heavy atom. The second-order valence-electron chi connectivity index (χ2n) is 4.77. The van der Waals surface area contributed by atoms with E-state index in [4.69, 9.17) is 10.2 Å². The van der Waals surface area contributed by atoms with Gasteiger partial charge in [-0.25, -0.2) is 13.6 Å². The van der Waals surface area contributed by atoms with Crippen molar-refractivity contribution in [3.63, 3.8) is 0 Å². The normalized spacial score (nSPS) is 11.2. The lowest BCUT2D eigenvalue weighted by atomic mass is 10.1.